The van der Waals surface area contributed by atoms with Crippen LogP contribution in [0.3, 0.4) is 0 Å². The Morgan fingerprint density at radius 3 is 2.88 bits per heavy atom. The third-order valence-corrected chi connectivity index (χ3v) is 2.54. The molecule has 1 heterocycles. The summed E-state index contributed by atoms with van der Waals surface area (Å²) in [5, 5.41) is 8.67. The number of H-pyrrole nitrogens is 1. The molecule has 1 aromatic carbocycles. The molecule has 0 aliphatic carbocycles. The van der Waals surface area contributed by atoms with Crippen LogP contribution in [0, 0.1) is 0 Å². The number of carbonyl (C=O) groups is 1. The van der Waals surface area contributed by atoms with Gasteiger partial charge in [-0.1, -0.05) is 19.9 Å². The predicted octanol–water partition coefficient (Wildman–Crippen LogP) is 2.31. The minimum absolute atomic E-state index is 0.0638. The number of rotatable bonds is 3. The Morgan fingerprint density at radius 2 is 2.25 bits per heavy atom. The molecule has 0 fully saturated rings. The van der Waals surface area contributed by atoms with E-state index in [0.717, 1.165) is 11.0 Å². The molecular formula is C12H14N2O2. The largest absolute Gasteiger partial charge is 0.481 e. The molecule has 0 unspecified atom stereocenters. The summed E-state index contributed by atoms with van der Waals surface area (Å²) in [7, 11) is 0. The lowest BCUT2D eigenvalue weighted by Gasteiger charge is -2.03. The van der Waals surface area contributed by atoms with Crippen LogP contribution in [0.15, 0.2) is 18.2 Å². The Kier molecular flexibility index (Phi) is 2.64. The lowest BCUT2D eigenvalue weighted by Crippen LogP contribution is -2.01. The molecule has 0 aliphatic heterocycles. The molecule has 0 bridgehead atoms. The average Bonchev–Trinajstić information content (AvgIpc) is 2.56. The second-order valence-electron chi connectivity index (χ2n) is 4.19. The number of carboxylic acid groups (broad SMARTS) is 1. The molecule has 16 heavy (non-hydrogen) atoms. The average molecular weight is 218 g/mol. The second kappa shape index (κ2) is 3.96. The number of benzene rings is 1. The maximum atomic E-state index is 10.6. The van der Waals surface area contributed by atoms with E-state index in [4.69, 9.17) is 5.11 Å². The molecule has 0 amide bonds. The van der Waals surface area contributed by atoms with Crippen molar-refractivity contribution in [1.82, 2.24) is 9.97 Å². The molecule has 0 radical (unpaired) electrons. The van der Waals surface area contributed by atoms with Crippen LogP contribution < -0.4 is 0 Å². The van der Waals surface area contributed by atoms with Gasteiger partial charge in [-0.05, 0) is 23.6 Å². The molecule has 84 valence electrons. The van der Waals surface area contributed by atoms with Gasteiger partial charge in [-0.25, -0.2) is 4.98 Å². The van der Waals surface area contributed by atoms with E-state index in [-0.39, 0.29) is 6.42 Å². The van der Waals surface area contributed by atoms with E-state index in [9.17, 15) is 4.79 Å². The number of aromatic amines is 1. The summed E-state index contributed by atoms with van der Waals surface area (Å²) in [5.74, 6) is 0.0853. The molecule has 0 aliphatic rings. The van der Waals surface area contributed by atoms with Crippen LogP contribution in [0.25, 0.3) is 11.0 Å². The minimum Gasteiger partial charge on any atom is -0.481 e. The monoisotopic (exact) mass is 218 g/mol. The first-order chi connectivity index (χ1) is 7.56. The van der Waals surface area contributed by atoms with Crippen LogP contribution in [0.5, 0.6) is 0 Å². The van der Waals surface area contributed by atoms with E-state index < -0.39 is 5.97 Å². The van der Waals surface area contributed by atoms with Crippen molar-refractivity contribution in [2.45, 2.75) is 26.2 Å². The topological polar surface area (TPSA) is 66.0 Å². The first-order valence-electron chi connectivity index (χ1n) is 5.26. The van der Waals surface area contributed by atoms with E-state index >= 15 is 0 Å². The van der Waals surface area contributed by atoms with Crippen molar-refractivity contribution in [2.24, 2.45) is 0 Å². The third-order valence-electron chi connectivity index (χ3n) is 2.54. The highest BCUT2D eigenvalue weighted by atomic mass is 16.4. The third kappa shape index (κ3) is 2.05. The molecule has 2 rings (SSSR count). The molecule has 2 N–H and O–H groups in total. The lowest BCUT2D eigenvalue weighted by molar-refractivity contribution is -0.136. The van der Waals surface area contributed by atoms with Crippen LogP contribution in [0.2, 0.25) is 0 Å². The van der Waals surface area contributed by atoms with Crippen molar-refractivity contribution in [3.63, 3.8) is 0 Å². The van der Waals surface area contributed by atoms with Gasteiger partial charge in [-0.15, -0.1) is 0 Å². The molecule has 4 heteroatoms. The molecule has 0 spiro atoms. The number of aliphatic carboxylic acids is 1. The predicted molar refractivity (Wildman–Crippen MR) is 61.5 cm³/mol. The van der Waals surface area contributed by atoms with E-state index in [0.29, 0.717) is 11.7 Å². The SMILES string of the molecule is CC(C)c1ccc2nc(CC(=O)O)[nH]c2c1. The van der Waals surface area contributed by atoms with E-state index in [1.54, 1.807) is 0 Å². The Morgan fingerprint density at radius 1 is 1.50 bits per heavy atom. The summed E-state index contributed by atoms with van der Waals surface area (Å²) in [6, 6.07) is 5.98. The van der Waals surface area contributed by atoms with Gasteiger partial charge in [0.05, 0.1) is 11.0 Å². The van der Waals surface area contributed by atoms with E-state index in [1.807, 2.05) is 18.2 Å². The summed E-state index contributed by atoms with van der Waals surface area (Å²) in [5.41, 5.74) is 2.95. The fourth-order valence-corrected chi connectivity index (χ4v) is 1.67. The highest BCUT2D eigenvalue weighted by Gasteiger charge is 2.08. The molecule has 1 aromatic heterocycles. The number of hydrogen-bond acceptors (Lipinski definition) is 2. The van der Waals surface area contributed by atoms with E-state index in [2.05, 4.69) is 23.8 Å². The first kappa shape index (κ1) is 10.7. The molecular weight excluding hydrogens is 204 g/mol. The van der Waals surface area contributed by atoms with Gasteiger partial charge in [0.1, 0.15) is 12.2 Å². The van der Waals surface area contributed by atoms with E-state index in [1.165, 1.54) is 5.56 Å². The van der Waals surface area contributed by atoms with Gasteiger partial charge in [0.15, 0.2) is 0 Å². The number of hydrogen-bond donors (Lipinski definition) is 2. The van der Waals surface area contributed by atoms with Gasteiger partial charge in [0.25, 0.3) is 0 Å². The van der Waals surface area contributed by atoms with Crippen molar-refractivity contribution in [1.29, 1.82) is 0 Å². The maximum Gasteiger partial charge on any atom is 0.311 e. The van der Waals surface area contributed by atoms with Crippen LogP contribution in [0.4, 0.5) is 0 Å². The summed E-state index contributed by atoms with van der Waals surface area (Å²) >= 11 is 0. The fraction of sp³-hybridized carbons (Fsp3) is 0.333. The minimum atomic E-state index is -0.872. The summed E-state index contributed by atoms with van der Waals surface area (Å²) in [6.45, 7) is 4.24. The summed E-state index contributed by atoms with van der Waals surface area (Å²) < 4.78 is 0. The highest BCUT2D eigenvalue weighted by molar-refractivity contribution is 5.77. The highest BCUT2D eigenvalue weighted by Crippen LogP contribution is 2.19. The van der Waals surface area contributed by atoms with Crippen LogP contribution >= 0.6 is 0 Å². The Labute approximate surface area is 93.3 Å². The number of nitrogens with zero attached hydrogens (tertiary/aromatic N) is 1. The van der Waals surface area contributed by atoms with Gasteiger partial charge in [-0.3, -0.25) is 4.79 Å². The summed E-state index contributed by atoms with van der Waals surface area (Å²) in [6.07, 6.45) is -0.0638. The standard InChI is InChI=1S/C12H14N2O2/c1-7(2)8-3-4-9-10(5-8)14-11(13-9)6-12(15)16/h3-5,7H,6H2,1-2H3,(H,13,14)(H,15,16). The first-order valence-corrected chi connectivity index (χ1v) is 5.26. The molecule has 0 saturated carbocycles. The zero-order chi connectivity index (χ0) is 11.7. The zero-order valence-corrected chi connectivity index (χ0v) is 9.32. The molecule has 4 nitrogen and oxygen atoms in total. The van der Waals surface area contributed by atoms with Crippen molar-refractivity contribution in [3.8, 4) is 0 Å². The molecule has 0 atom stereocenters. The van der Waals surface area contributed by atoms with Gasteiger partial charge in [-0.2, -0.15) is 0 Å². The van der Waals surface area contributed by atoms with Crippen molar-refractivity contribution < 1.29 is 9.90 Å². The van der Waals surface area contributed by atoms with Crippen LogP contribution in [0.1, 0.15) is 31.2 Å². The number of imidazole rings is 1. The number of nitrogens with one attached hydrogen (secondary N) is 1. The van der Waals surface area contributed by atoms with Gasteiger partial charge in [0.2, 0.25) is 0 Å². The zero-order valence-electron chi connectivity index (χ0n) is 9.32. The molecule has 2 aromatic rings. The van der Waals surface area contributed by atoms with Crippen molar-refractivity contribution in [2.75, 3.05) is 0 Å². The maximum absolute atomic E-state index is 10.6. The Bertz CT molecular complexity index is 529. The fourth-order valence-electron chi connectivity index (χ4n) is 1.67. The number of fused-ring (bicyclic) bond motifs is 1. The second-order valence-corrected chi connectivity index (χ2v) is 4.19. The summed E-state index contributed by atoms with van der Waals surface area (Å²) in [4.78, 5) is 17.8. The molecule has 0 saturated heterocycles. The number of aromatic nitrogens is 2. The quantitative estimate of drug-likeness (QED) is 0.830. The van der Waals surface area contributed by atoms with Crippen LogP contribution in [-0.2, 0) is 11.2 Å². The van der Waals surface area contributed by atoms with Gasteiger partial charge < -0.3 is 10.1 Å². The van der Waals surface area contributed by atoms with Crippen LogP contribution in [-0.4, -0.2) is 21.0 Å². The van der Waals surface area contributed by atoms with Crippen molar-refractivity contribution >= 4 is 17.0 Å². The lowest BCUT2D eigenvalue weighted by atomic mass is 10.0. The van der Waals surface area contributed by atoms with Gasteiger partial charge in [0, 0.05) is 0 Å². The Hall–Kier alpha value is -1.84. The van der Waals surface area contributed by atoms with Gasteiger partial charge >= 0.3 is 5.97 Å². The normalized spacial score (nSPS) is 11.2. The smallest absolute Gasteiger partial charge is 0.311 e. The Balaban J connectivity index is 2.41. The number of carboxylic acids is 1. The van der Waals surface area contributed by atoms with Crippen molar-refractivity contribution in [3.05, 3.63) is 29.6 Å².